The van der Waals surface area contributed by atoms with Crippen molar-refractivity contribution >= 4 is 0 Å². The zero-order chi connectivity index (χ0) is 12.1. The molecule has 1 unspecified atom stereocenters. The number of ether oxygens (including phenoxy) is 1. The second-order valence-electron chi connectivity index (χ2n) is 3.79. The summed E-state index contributed by atoms with van der Waals surface area (Å²) in [5.41, 5.74) is -0.0289. The Balaban J connectivity index is 2.97. The molecule has 0 saturated heterocycles. The minimum atomic E-state index is -0.734. The van der Waals surface area contributed by atoms with E-state index in [9.17, 15) is 9.90 Å². The monoisotopic (exact) mass is 226 g/mol. The number of aliphatic hydroxyl groups is 1. The summed E-state index contributed by atoms with van der Waals surface area (Å²) in [4.78, 5) is 11.4. The smallest absolute Gasteiger partial charge is 0.342 e. The van der Waals surface area contributed by atoms with Crippen LogP contribution in [0.3, 0.4) is 0 Å². The largest absolute Gasteiger partial charge is 0.496 e. The molecule has 0 radical (unpaired) electrons. The lowest BCUT2D eigenvalue weighted by Gasteiger charge is -2.10. The van der Waals surface area contributed by atoms with E-state index in [2.05, 4.69) is 0 Å². The van der Waals surface area contributed by atoms with E-state index < -0.39 is 11.7 Å². The maximum absolute atomic E-state index is 11.4. The van der Waals surface area contributed by atoms with Crippen LogP contribution >= 0.6 is 0 Å². The van der Waals surface area contributed by atoms with Gasteiger partial charge in [0.05, 0.1) is 12.7 Å². The number of unbranched alkanes of at least 4 members (excludes halogenated alkanes) is 1. The average Bonchev–Trinajstić information content (AvgIpc) is 2.29. The molecule has 0 aliphatic carbocycles. The van der Waals surface area contributed by atoms with Gasteiger partial charge in [0.2, 0.25) is 0 Å². The molecule has 1 heterocycles. The number of aliphatic hydroxyl groups excluding tert-OH is 1. The third-order valence-electron chi connectivity index (χ3n) is 2.54. The minimum absolute atomic E-state index is 0.279. The first-order chi connectivity index (χ1) is 7.60. The highest BCUT2D eigenvalue weighted by Crippen LogP contribution is 2.23. The molecule has 0 aliphatic heterocycles. The second-order valence-corrected chi connectivity index (χ2v) is 3.79. The Morgan fingerprint density at radius 1 is 1.56 bits per heavy atom. The van der Waals surface area contributed by atoms with E-state index in [1.54, 1.807) is 13.0 Å². The number of rotatable bonds is 5. The van der Waals surface area contributed by atoms with Gasteiger partial charge in [0.25, 0.3) is 0 Å². The predicted octanol–water partition coefficient (Wildman–Crippen LogP) is 2.18. The molecule has 0 aliphatic rings. The van der Waals surface area contributed by atoms with E-state index in [0.29, 0.717) is 17.7 Å². The molecule has 0 aromatic carbocycles. The van der Waals surface area contributed by atoms with Gasteiger partial charge < -0.3 is 14.3 Å². The Hall–Kier alpha value is -1.29. The third-order valence-corrected chi connectivity index (χ3v) is 2.54. The highest BCUT2D eigenvalue weighted by atomic mass is 16.5. The van der Waals surface area contributed by atoms with Crippen LogP contribution in [0.5, 0.6) is 5.75 Å². The van der Waals surface area contributed by atoms with Gasteiger partial charge in [0.1, 0.15) is 17.6 Å². The second kappa shape index (κ2) is 5.70. The first kappa shape index (κ1) is 12.8. The highest BCUT2D eigenvalue weighted by Gasteiger charge is 2.14. The Morgan fingerprint density at radius 3 is 2.81 bits per heavy atom. The molecule has 1 rings (SSSR count). The summed E-state index contributed by atoms with van der Waals surface area (Å²) < 4.78 is 10.1. The van der Waals surface area contributed by atoms with E-state index in [0.717, 1.165) is 12.8 Å². The van der Waals surface area contributed by atoms with Gasteiger partial charge in [0.15, 0.2) is 0 Å². The zero-order valence-electron chi connectivity index (χ0n) is 9.95. The van der Waals surface area contributed by atoms with Crippen LogP contribution in [0.2, 0.25) is 0 Å². The molecule has 4 nitrogen and oxygen atoms in total. The number of hydrogen-bond acceptors (Lipinski definition) is 4. The molecule has 16 heavy (non-hydrogen) atoms. The van der Waals surface area contributed by atoms with E-state index in [1.165, 1.54) is 7.11 Å². The predicted molar refractivity (Wildman–Crippen MR) is 60.8 cm³/mol. The molecule has 4 heteroatoms. The van der Waals surface area contributed by atoms with Crippen LogP contribution < -0.4 is 10.4 Å². The van der Waals surface area contributed by atoms with Crippen LogP contribution in [-0.4, -0.2) is 12.2 Å². The fourth-order valence-corrected chi connectivity index (χ4v) is 1.47. The summed E-state index contributed by atoms with van der Waals surface area (Å²) in [5.74, 6) is 0.739. The van der Waals surface area contributed by atoms with Crippen LogP contribution in [0.15, 0.2) is 15.3 Å². The topological polar surface area (TPSA) is 59.7 Å². The average molecular weight is 226 g/mol. The van der Waals surface area contributed by atoms with Gasteiger partial charge in [0, 0.05) is 6.07 Å². The molecule has 1 atom stereocenters. The molecule has 0 spiro atoms. The lowest BCUT2D eigenvalue weighted by molar-refractivity contribution is 0.132. The molecular weight excluding hydrogens is 208 g/mol. The van der Waals surface area contributed by atoms with E-state index in [-0.39, 0.29) is 5.76 Å². The summed E-state index contributed by atoms with van der Waals surface area (Å²) in [6.07, 6.45) is 1.74. The van der Waals surface area contributed by atoms with Crippen molar-refractivity contribution in [2.75, 3.05) is 7.11 Å². The SMILES string of the molecule is CCCCC(O)c1cc(OC)c(C)c(=O)o1. The van der Waals surface area contributed by atoms with Gasteiger partial charge in [-0.05, 0) is 13.3 Å². The molecule has 0 saturated carbocycles. The van der Waals surface area contributed by atoms with Crippen LogP contribution in [0.25, 0.3) is 0 Å². The van der Waals surface area contributed by atoms with Crippen molar-refractivity contribution in [3.05, 3.63) is 27.8 Å². The van der Waals surface area contributed by atoms with Gasteiger partial charge in [-0.15, -0.1) is 0 Å². The van der Waals surface area contributed by atoms with Crippen molar-refractivity contribution < 1.29 is 14.3 Å². The Kier molecular flexibility index (Phi) is 4.55. The standard InChI is InChI=1S/C12H18O4/c1-4-5-6-9(13)11-7-10(15-3)8(2)12(14)16-11/h7,9,13H,4-6H2,1-3H3. The van der Waals surface area contributed by atoms with Crippen LogP contribution in [0.4, 0.5) is 0 Å². The van der Waals surface area contributed by atoms with Crippen molar-refractivity contribution in [3.63, 3.8) is 0 Å². The van der Waals surface area contributed by atoms with Gasteiger partial charge in [-0.3, -0.25) is 0 Å². The first-order valence-electron chi connectivity index (χ1n) is 5.46. The van der Waals surface area contributed by atoms with Crippen LogP contribution in [-0.2, 0) is 0 Å². The number of hydrogen-bond donors (Lipinski definition) is 1. The van der Waals surface area contributed by atoms with Crippen molar-refractivity contribution in [2.24, 2.45) is 0 Å². The van der Waals surface area contributed by atoms with Gasteiger partial charge in [-0.1, -0.05) is 19.8 Å². The summed E-state index contributed by atoms with van der Waals surface area (Å²) in [6.45, 7) is 3.67. The summed E-state index contributed by atoms with van der Waals surface area (Å²) >= 11 is 0. The van der Waals surface area contributed by atoms with Crippen LogP contribution in [0.1, 0.15) is 43.6 Å². The summed E-state index contributed by atoms with van der Waals surface area (Å²) in [5, 5.41) is 9.80. The third kappa shape index (κ3) is 2.85. The quantitative estimate of drug-likeness (QED) is 0.836. The minimum Gasteiger partial charge on any atom is -0.496 e. The lowest BCUT2D eigenvalue weighted by Crippen LogP contribution is -2.10. The Labute approximate surface area is 94.9 Å². The molecule has 1 aromatic heterocycles. The Bertz CT molecular complexity index is 394. The van der Waals surface area contributed by atoms with E-state index >= 15 is 0 Å². The van der Waals surface area contributed by atoms with Gasteiger partial charge in [-0.25, -0.2) is 4.79 Å². The summed E-state index contributed by atoms with van der Waals surface area (Å²) in [7, 11) is 1.49. The number of methoxy groups -OCH3 is 1. The van der Waals surface area contributed by atoms with Gasteiger partial charge >= 0.3 is 5.63 Å². The fourth-order valence-electron chi connectivity index (χ4n) is 1.47. The van der Waals surface area contributed by atoms with Crippen LogP contribution in [0, 0.1) is 6.92 Å². The normalized spacial score (nSPS) is 12.5. The molecule has 0 bridgehead atoms. The lowest BCUT2D eigenvalue weighted by atomic mass is 10.1. The van der Waals surface area contributed by atoms with E-state index in [4.69, 9.17) is 9.15 Å². The highest BCUT2D eigenvalue weighted by molar-refractivity contribution is 5.30. The van der Waals surface area contributed by atoms with Crippen molar-refractivity contribution in [2.45, 2.75) is 39.2 Å². The maximum Gasteiger partial charge on any atom is 0.342 e. The molecule has 90 valence electrons. The Morgan fingerprint density at radius 2 is 2.25 bits per heavy atom. The molecule has 0 fully saturated rings. The molecule has 1 N–H and O–H groups in total. The maximum atomic E-state index is 11.4. The first-order valence-corrected chi connectivity index (χ1v) is 5.46. The summed E-state index contributed by atoms with van der Waals surface area (Å²) in [6, 6.07) is 1.58. The van der Waals surface area contributed by atoms with E-state index in [1.807, 2.05) is 6.92 Å². The van der Waals surface area contributed by atoms with Gasteiger partial charge in [-0.2, -0.15) is 0 Å². The molecule has 1 aromatic rings. The molecule has 0 amide bonds. The molecular formula is C12H18O4. The van der Waals surface area contributed by atoms with Crippen molar-refractivity contribution in [1.82, 2.24) is 0 Å². The zero-order valence-corrected chi connectivity index (χ0v) is 9.95. The fraction of sp³-hybridized carbons (Fsp3) is 0.583. The van der Waals surface area contributed by atoms with Crippen molar-refractivity contribution in [1.29, 1.82) is 0 Å². The van der Waals surface area contributed by atoms with Crippen molar-refractivity contribution in [3.8, 4) is 5.75 Å².